The van der Waals surface area contributed by atoms with Crippen molar-refractivity contribution in [3.63, 3.8) is 0 Å². The minimum absolute atomic E-state index is 0.0665. The Kier molecular flexibility index (Phi) is 4.75. The third-order valence-corrected chi connectivity index (χ3v) is 6.01. The summed E-state index contributed by atoms with van der Waals surface area (Å²) in [7, 11) is -3.53. The van der Waals surface area contributed by atoms with E-state index < -0.39 is 10.0 Å². The van der Waals surface area contributed by atoms with E-state index in [9.17, 15) is 8.42 Å². The Morgan fingerprint density at radius 1 is 1.38 bits per heavy atom. The first kappa shape index (κ1) is 16.5. The molecule has 7 heteroatoms. The van der Waals surface area contributed by atoms with Crippen LogP contribution in [-0.2, 0) is 16.6 Å². The fraction of sp³-hybridized carbons (Fsp3) is 0.786. The van der Waals surface area contributed by atoms with Gasteiger partial charge >= 0.3 is 0 Å². The van der Waals surface area contributed by atoms with Gasteiger partial charge in [0.1, 0.15) is 4.90 Å². The number of aromatic nitrogens is 2. The van der Waals surface area contributed by atoms with Gasteiger partial charge in [-0.1, -0.05) is 13.3 Å². The van der Waals surface area contributed by atoms with Crippen LogP contribution in [0.5, 0.6) is 0 Å². The Morgan fingerprint density at radius 2 is 2.05 bits per heavy atom. The molecular formula is C14H25N3O3S. The van der Waals surface area contributed by atoms with E-state index in [0.29, 0.717) is 30.9 Å². The summed E-state index contributed by atoms with van der Waals surface area (Å²) in [5.74, 6) is 0. The van der Waals surface area contributed by atoms with E-state index in [1.54, 1.807) is 18.5 Å². The molecule has 1 aliphatic carbocycles. The van der Waals surface area contributed by atoms with Gasteiger partial charge in [-0.05, 0) is 38.5 Å². The molecule has 6 nitrogen and oxygen atoms in total. The van der Waals surface area contributed by atoms with Crippen LogP contribution in [0.3, 0.4) is 0 Å². The van der Waals surface area contributed by atoms with Crippen molar-refractivity contribution in [2.45, 2.75) is 57.9 Å². The van der Waals surface area contributed by atoms with Crippen molar-refractivity contribution in [2.75, 3.05) is 13.2 Å². The SMILES string of the molecule is Cc1nn(CCCO)c(C)c1S(=O)(=O)NCC1(C)CCC1. The Labute approximate surface area is 126 Å². The monoisotopic (exact) mass is 315 g/mol. The Balaban J connectivity index is 2.17. The third kappa shape index (κ3) is 3.46. The topological polar surface area (TPSA) is 84.2 Å². The molecule has 1 aromatic rings. The molecule has 0 radical (unpaired) electrons. The van der Waals surface area contributed by atoms with Gasteiger partial charge in [0.15, 0.2) is 0 Å². The van der Waals surface area contributed by atoms with Gasteiger partial charge in [0, 0.05) is 19.7 Å². The average Bonchev–Trinajstić information content (AvgIpc) is 2.67. The lowest BCUT2D eigenvalue weighted by atomic mass is 9.71. The van der Waals surface area contributed by atoms with Crippen LogP contribution in [0.15, 0.2) is 4.90 Å². The zero-order chi connectivity index (χ0) is 15.7. The zero-order valence-corrected chi connectivity index (χ0v) is 13.8. The number of hydrogen-bond acceptors (Lipinski definition) is 4. The number of rotatable bonds is 7. The maximum atomic E-state index is 12.5. The number of aliphatic hydroxyl groups is 1. The van der Waals surface area contributed by atoms with Crippen LogP contribution in [-0.4, -0.2) is 36.5 Å². The molecular weight excluding hydrogens is 290 g/mol. The quantitative estimate of drug-likeness (QED) is 0.795. The molecule has 1 aromatic heterocycles. The van der Waals surface area contributed by atoms with Gasteiger partial charge in [-0.15, -0.1) is 0 Å². The Bertz CT molecular complexity index is 603. The van der Waals surface area contributed by atoms with E-state index in [1.165, 1.54) is 6.42 Å². The zero-order valence-electron chi connectivity index (χ0n) is 13.0. The summed E-state index contributed by atoms with van der Waals surface area (Å²) in [4.78, 5) is 0.281. The van der Waals surface area contributed by atoms with Gasteiger partial charge in [-0.3, -0.25) is 4.68 Å². The van der Waals surface area contributed by atoms with Crippen LogP contribution in [0.1, 0.15) is 44.0 Å². The number of aliphatic hydroxyl groups excluding tert-OH is 1. The summed E-state index contributed by atoms with van der Waals surface area (Å²) in [6, 6.07) is 0. The molecule has 0 unspecified atom stereocenters. The van der Waals surface area contributed by atoms with Crippen molar-refractivity contribution in [1.82, 2.24) is 14.5 Å². The van der Waals surface area contributed by atoms with Crippen LogP contribution >= 0.6 is 0 Å². The maximum absolute atomic E-state index is 12.5. The third-order valence-electron chi connectivity index (χ3n) is 4.36. The molecule has 1 heterocycles. The standard InChI is InChI=1S/C14H25N3O3S/c1-11-13(12(2)17(16-11)8-5-9-18)21(19,20)15-10-14(3)6-4-7-14/h15,18H,4-10H2,1-3H3. The second-order valence-corrected chi connectivity index (χ2v) is 7.99. The molecule has 0 aromatic carbocycles. The normalized spacial score (nSPS) is 17.7. The predicted octanol–water partition coefficient (Wildman–Crippen LogP) is 1.35. The molecule has 2 rings (SSSR count). The molecule has 0 aliphatic heterocycles. The highest BCUT2D eigenvalue weighted by molar-refractivity contribution is 7.89. The summed E-state index contributed by atoms with van der Waals surface area (Å²) >= 11 is 0. The largest absolute Gasteiger partial charge is 0.396 e. The second-order valence-electron chi connectivity index (χ2n) is 6.29. The minimum atomic E-state index is -3.53. The Morgan fingerprint density at radius 3 is 2.57 bits per heavy atom. The van der Waals surface area contributed by atoms with Crippen LogP contribution in [0.4, 0.5) is 0 Å². The van der Waals surface area contributed by atoms with E-state index in [4.69, 9.17) is 5.11 Å². The van der Waals surface area contributed by atoms with E-state index in [0.717, 1.165) is 12.8 Å². The molecule has 2 N–H and O–H groups in total. The van der Waals surface area contributed by atoms with Gasteiger partial charge in [0.2, 0.25) is 10.0 Å². The van der Waals surface area contributed by atoms with E-state index in [1.807, 2.05) is 0 Å². The van der Waals surface area contributed by atoms with Crippen molar-refractivity contribution in [3.05, 3.63) is 11.4 Å². The average molecular weight is 315 g/mol. The smallest absolute Gasteiger partial charge is 0.244 e. The van der Waals surface area contributed by atoms with Crippen LogP contribution < -0.4 is 4.72 Å². The lowest BCUT2D eigenvalue weighted by Gasteiger charge is -2.38. The van der Waals surface area contributed by atoms with Crippen molar-refractivity contribution in [1.29, 1.82) is 0 Å². The van der Waals surface area contributed by atoms with Crippen LogP contribution in [0.25, 0.3) is 0 Å². The van der Waals surface area contributed by atoms with Gasteiger partial charge in [-0.2, -0.15) is 5.10 Å². The summed E-state index contributed by atoms with van der Waals surface area (Å²) in [6.07, 6.45) is 3.88. The van der Waals surface area contributed by atoms with E-state index in [2.05, 4.69) is 16.7 Å². The molecule has 1 aliphatic rings. The first-order chi connectivity index (χ1) is 9.79. The van der Waals surface area contributed by atoms with Gasteiger partial charge in [0.25, 0.3) is 0 Å². The van der Waals surface area contributed by atoms with E-state index in [-0.39, 0.29) is 16.9 Å². The highest BCUT2D eigenvalue weighted by Crippen LogP contribution is 2.39. The van der Waals surface area contributed by atoms with Crippen molar-refractivity contribution >= 4 is 10.0 Å². The van der Waals surface area contributed by atoms with Crippen molar-refractivity contribution < 1.29 is 13.5 Å². The molecule has 0 saturated heterocycles. The molecule has 120 valence electrons. The van der Waals surface area contributed by atoms with Gasteiger partial charge < -0.3 is 5.11 Å². The number of nitrogens with one attached hydrogen (secondary N) is 1. The highest BCUT2D eigenvalue weighted by atomic mass is 32.2. The van der Waals surface area contributed by atoms with Crippen molar-refractivity contribution in [2.24, 2.45) is 5.41 Å². The van der Waals surface area contributed by atoms with Gasteiger partial charge in [-0.25, -0.2) is 13.1 Å². The predicted molar refractivity (Wildman–Crippen MR) is 80.6 cm³/mol. The summed E-state index contributed by atoms with van der Waals surface area (Å²) < 4.78 is 29.5. The van der Waals surface area contributed by atoms with Crippen LogP contribution in [0, 0.1) is 19.3 Å². The molecule has 0 atom stereocenters. The fourth-order valence-electron chi connectivity index (χ4n) is 2.81. The second kappa shape index (κ2) is 6.06. The van der Waals surface area contributed by atoms with Crippen molar-refractivity contribution in [3.8, 4) is 0 Å². The van der Waals surface area contributed by atoms with Crippen LogP contribution in [0.2, 0.25) is 0 Å². The molecule has 0 amide bonds. The van der Waals surface area contributed by atoms with E-state index >= 15 is 0 Å². The first-order valence-electron chi connectivity index (χ1n) is 7.44. The summed E-state index contributed by atoms with van der Waals surface area (Å²) in [6.45, 7) is 6.66. The molecule has 0 spiro atoms. The lowest BCUT2D eigenvalue weighted by Crippen LogP contribution is -2.40. The molecule has 1 saturated carbocycles. The maximum Gasteiger partial charge on any atom is 0.244 e. The first-order valence-corrected chi connectivity index (χ1v) is 8.92. The number of hydrogen-bond donors (Lipinski definition) is 2. The molecule has 21 heavy (non-hydrogen) atoms. The molecule has 0 bridgehead atoms. The summed E-state index contributed by atoms with van der Waals surface area (Å²) in [5, 5.41) is 13.2. The van der Waals surface area contributed by atoms with Gasteiger partial charge in [0.05, 0.1) is 11.4 Å². The summed E-state index contributed by atoms with van der Waals surface area (Å²) in [5.41, 5.74) is 1.24. The molecule has 1 fully saturated rings. The number of aryl methyl sites for hydroxylation is 2. The minimum Gasteiger partial charge on any atom is -0.396 e. The fourth-order valence-corrected chi connectivity index (χ4v) is 4.41. The Hall–Kier alpha value is -0.920. The number of sulfonamides is 1. The number of nitrogens with zero attached hydrogens (tertiary/aromatic N) is 2. The lowest BCUT2D eigenvalue weighted by molar-refractivity contribution is 0.166. The highest BCUT2D eigenvalue weighted by Gasteiger charge is 2.34.